The quantitative estimate of drug-likeness (QED) is 0.651. The SMILES string of the molecule is Cc1c(-c2ccc(C(F)(F)F)cc2O)nnc(NC2CCCNC2)c1CN. The Morgan fingerprint density at radius 1 is 1.33 bits per heavy atom. The summed E-state index contributed by atoms with van der Waals surface area (Å²) in [5.74, 6) is 0.0706. The van der Waals surface area contributed by atoms with Crippen LogP contribution in [0.4, 0.5) is 19.0 Å². The molecule has 1 aliphatic heterocycles. The zero-order valence-corrected chi connectivity index (χ0v) is 14.9. The summed E-state index contributed by atoms with van der Waals surface area (Å²) in [5.41, 5.74) is 6.87. The fourth-order valence-electron chi connectivity index (χ4n) is 3.25. The van der Waals surface area contributed by atoms with Crippen LogP contribution < -0.4 is 16.4 Å². The smallest absolute Gasteiger partial charge is 0.416 e. The van der Waals surface area contributed by atoms with E-state index >= 15 is 0 Å². The van der Waals surface area contributed by atoms with E-state index in [9.17, 15) is 18.3 Å². The van der Waals surface area contributed by atoms with Crippen molar-refractivity contribution in [1.29, 1.82) is 0 Å². The van der Waals surface area contributed by atoms with Crippen LogP contribution in [0.25, 0.3) is 11.3 Å². The Labute approximate surface area is 155 Å². The highest BCUT2D eigenvalue weighted by Gasteiger charge is 2.31. The molecule has 146 valence electrons. The number of anilines is 1. The van der Waals surface area contributed by atoms with Gasteiger partial charge in [0.1, 0.15) is 11.4 Å². The summed E-state index contributed by atoms with van der Waals surface area (Å²) in [6, 6.07) is 3.02. The van der Waals surface area contributed by atoms with E-state index in [0.29, 0.717) is 23.1 Å². The topological polar surface area (TPSA) is 96.1 Å². The van der Waals surface area contributed by atoms with Crippen molar-refractivity contribution < 1.29 is 18.3 Å². The number of rotatable bonds is 4. The Morgan fingerprint density at radius 2 is 2.11 bits per heavy atom. The minimum absolute atomic E-state index is 0.189. The molecule has 0 amide bonds. The number of phenols is 1. The molecule has 0 bridgehead atoms. The summed E-state index contributed by atoms with van der Waals surface area (Å²) in [4.78, 5) is 0. The van der Waals surface area contributed by atoms with Crippen molar-refractivity contribution >= 4 is 5.82 Å². The van der Waals surface area contributed by atoms with Gasteiger partial charge in [-0.3, -0.25) is 0 Å². The fraction of sp³-hybridized carbons (Fsp3) is 0.444. The van der Waals surface area contributed by atoms with E-state index in [0.717, 1.165) is 37.6 Å². The van der Waals surface area contributed by atoms with Crippen LogP contribution >= 0.6 is 0 Å². The van der Waals surface area contributed by atoms with Crippen molar-refractivity contribution in [3.63, 3.8) is 0 Å². The monoisotopic (exact) mass is 381 g/mol. The molecule has 2 heterocycles. The maximum absolute atomic E-state index is 12.8. The summed E-state index contributed by atoms with van der Waals surface area (Å²) in [6.07, 6.45) is -2.47. The molecule has 9 heteroatoms. The van der Waals surface area contributed by atoms with Crippen LogP contribution in [0.2, 0.25) is 0 Å². The number of phenolic OH excluding ortho intramolecular Hbond substituents is 1. The molecule has 0 aliphatic carbocycles. The zero-order chi connectivity index (χ0) is 19.6. The Bertz CT molecular complexity index is 819. The van der Waals surface area contributed by atoms with Crippen molar-refractivity contribution in [2.45, 2.75) is 38.5 Å². The van der Waals surface area contributed by atoms with Gasteiger partial charge in [0.25, 0.3) is 0 Å². The van der Waals surface area contributed by atoms with Gasteiger partial charge in [-0.1, -0.05) is 0 Å². The molecule has 0 radical (unpaired) electrons. The van der Waals surface area contributed by atoms with Crippen LogP contribution in [0.15, 0.2) is 18.2 Å². The van der Waals surface area contributed by atoms with Gasteiger partial charge in [0.2, 0.25) is 0 Å². The summed E-state index contributed by atoms with van der Waals surface area (Å²) in [5, 5.41) is 25.1. The van der Waals surface area contributed by atoms with Crippen molar-refractivity contribution in [2.24, 2.45) is 5.73 Å². The number of nitrogens with zero attached hydrogens (tertiary/aromatic N) is 2. The number of benzene rings is 1. The second-order valence-corrected chi connectivity index (χ2v) is 6.62. The normalized spacial score (nSPS) is 17.7. The third kappa shape index (κ3) is 4.14. The summed E-state index contributed by atoms with van der Waals surface area (Å²) >= 11 is 0. The molecular formula is C18H22F3N5O. The van der Waals surface area contributed by atoms with Crippen LogP contribution in [0.5, 0.6) is 5.75 Å². The standard InChI is InChI=1S/C18H22F3N5O/c1-10-14(8-22)17(24-12-3-2-6-23-9-12)26-25-16(10)13-5-4-11(7-15(13)27)18(19,20)21/h4-5,7,12,23,27H,2-3,6,8-9,22H2,1H3,(H,24,26). The third-order valence-corrected chi connectivity index (χ3v) is 4.77. The number of halogens is 3. The summed E-state index contributed by atoms with van der Waals surface area (Å²) < 4.78 is 38.4. The molecule has 1 saturated heterocycles. The number of nitrogens with two attached hydrogens (primary N) is 1. The number of nitrogens with one attached hydrogen (secondary N) is 2. The molecule has 0 saturated carbocycles. The first-order valence-corrected chi connectivity index (χ1v) is 8.75. The van der Waals surface area contributed by atoms with Gasteiger partial charge in [0.15, 0.2) is 5.82 Å². The molecule has 1 aromatic carbocycles. The highest BCUT2D eigenvalue weighted by atomic mass is 19.4. The zero-order valence-electron chi connectivity index (χ0n) is 14.9. The van der Waals surface area contributed by atoms with Crippen molar-refractivity contribution in [1.82, 2.24) is 15.5 Å². The van der Waals surface area contributed by atoms with Gasteiger partial charge in [-0.2, -0.15) is 13.2 Å². The van der Waals surface area contributed by atoms with Gasteiger partial charge < -0.3 is 21.5 Å². The minimum Gasteiger partial charge on any atom is -0.507 e. The molecule has 3 rings (SSSR count). The van der Waals surface area contributed by atoms with Crippen LogP contribution in [0.3, 0.4) is 0 Å². The second kappa shape index (κ2) is 7.69. The molecule has 6 nitrogen and oxygen atoms in total. The van der Waals surface area contributed by atoms with Crippen LogP contribution in [-0.4, -0.2) is 34.4 Å². The van der Waals surface area contributed by atoms with E-state index in [1.807, 2.05) is 0 Å². The number of hydrogen-bond donors (Lipinski definition) is 4. The molecule has 1 aromatic heterocycles. The van der Waals surface area contributed by atoms with Crippen LogP contribution in [0, 0.1) is 6.92 Å². The van der Waals surface area contributed by atoms with Gasteiger partial charge in [0, 0.05) is 30.3 Å². The molecule has 1 fully saturated rings. The molecule has 1 atom stereocenters. The van der Waals surface area contributed by atoms with Gasteiger partial charge in [-0.05, 0) is 50.1 Å². The summed E-state index contributed by atoms with van der Waals surface area (Å²) in [6.45, 7) is 3.76. The first-order chi connectivity index (χ1) is 12.8. The Balaban J connectivity index is 1.95. The van der Waals surface area contributed by atoms with E-state index in [1.165, 1.54) is 6.07 Å². The lowest BCUT2D eigenvalue weighted by atomic mass is 10.00. The van der Waals surface area contributed by atoms with Crippen LogP contribution in [-0.2, 0) is 12.7 Å². The molecule has 1 unspecified atom stereocenters. The van der Waals surface area contributed by atoms with Gasteiger partial charge >= 0.3 is 6.18 Å². The van der Waals surface area contributed by atoms with E-state index in [1.54, 1.807) is 6.92 Å². The van der Waals surface area contributed by atoms with E-state index in [-0.39, 0.29) is 18.2 Å². The van der Waals surface area contributed by atoms with E-state index in [2.05, 4.69) is 20.8 Å². The molecule has 1 aliphatic rings. The van der Waals surface area contributed by atoms with Crippen molar-refractivity contribution in [2.75, 3.05) is 18.4 Å². The maximum atomic E-state index is 12.8. The molecule has 27 heavy (non-hydrogen) atoms. The number of piperidine rings is 1. The maximum Gasteiger partial charge on any atom is 0.416 e. The first-order valence-electron chi connectivity index (χ1n) is 8.75. The van der Waals surface area contributed by atoms with E-state index in [4.69, 9.17) is 5.73 Å². The number of alkyl halides is 3. The first kappa shape index (κ1) is 19.4. The Hall–Kier alpha value is -2.39. The van der Waals surface area contributed by atoms with Crippen molar-refractivity contribution in [3.05, 3.63) is 34.9 Å². The highest BCUT2D eigenvalue weighted by Crippen LogP contribution is 2.37. The minimum atomic E-state index is -4.53. The number of aromatic hydroxyl groups is 1. The lowest BCUT2D eigenvalue weighted by Gasteiger charge is -2.25. The van der Waals surface area contributed by atoms with Gasteiger partial charge in [0.05, 0.1) is 5.56 Å². The molecule has 2 aromatic rings. The predicted molar refractivity (Wildman–Crippen MR) is 96.3 cm³/mol. The van der Waals surface area contributed by atoms with Crippen LogP contribution in [0.1, 0.15) is 29.5 Å². The van der Waals surface area contributed by atoms with Gasteiger partial charge in [-0.25, -0.2) is 0 Å². The largest absolute Gasteiger partial charge is 0.507 e. The molecule has 0 spiro atoms. The third-order valence-electron chi connectivity index (χ3n) is 4.77. The average molecular weight is 381 g/mol. The number of aromatic nitrogens is 2. The Morgan fingerprint density at radius 3 is 2.70 bits per heavy atom. The lowest BCUT2D eigenvalue weighted by molar-refractivity contribution is -0.137. The number of hydrogen-bond acceptors (Lipinski definition) is 6. The lowest BCUT2D eigenvalue weighted by Crippen LogP contribution is -2.39. The molecule has 5 N–H and O–H groups in total. The van der Waals surface area contributed by atoms with Gasteiger partial charge in [-0.15, -0.1) is 10.2 Å². The fourth-order valence-corrected chi connectivity index (χ4v) is 3.25. The highest BCUT2D eigenvalue weighted by molar-refractivity contribution is 5.72. The van der Waals surface area contributed by atoms with E-state index < -0.39 is 17.5 Å². The van der Waals surface area contributed by atoms with Crippen molar-refractivity contribution in [3.8, 4) is 17.0 Å². The molecular weight excluding hydrogens is 359 g/mol. The second-order valence-electron chi connectivity index (χ2n) is 6.62. The summed E-state index contributed by atoms with van der Waals surface area (Å²) in [7, 11) is 0. The average Bonchev–Trinajstić information content (AvgIpc) is 2.63. The predicted octanol–water partition coefficient (Wildman–Crippen LogP) is 2.80. The Kier molecular flexibility index (Phi) is 5.52.